The van der Waals surface area contributed by atoms with E-state index in [4.69, 9.17) is 28.3 Å². The van der Waals surface area contributed by atoms with E-state index in [1.807, 2.05) is 0 Å². The highest BCUT2D eigenvalue weighted by molar-refractivity contribution is 6.44. The van der Waals surface area contributed by atoms with Crippen LogP contribution in [-0.2, 0) is 0 Å². The van der Waals surface area contributed by atoms with E-state index in [1.165, 1.54) is 24.3 Å². The first-order valence-corrected chi connectivity index (χ1v) is 6.39. The van der Waals surface area contributed by atoms with Crippen LogP contribution in [0.2, 0.25) is 10.0 Å². The van der Waals surface area contributed by atoms with Crippen LogP contribution in [0.25, 0.3) is 0 Å². The lowest BCUT2D eigenvalue weighted by Crippen LogP contribution is -2.04. The summed E-state index contributed by atoms with van der Waals surface area (Å²) in [4.78, 5) is 21.6. The van der Waals surface area contributed by atoms with E-state index < -0.39 is 10.9 Å². The zero-order valence-corrected chi connectivity index (χ0v) is 11.9. The van der Waals surface area contributed by atoms with Gasteiger partial charge < -0.3 is 10.4 Å². The highest BCUT2D eigenvalue weighted by Crippen LogP contribution is 2.39. The van der Waals surface area contributed by atoms with Gasteiger partial charge in [-0.15, -0.1) is 0 Å². The molecule has 0 aliphatic rings. The quantitative estimate of drug-likeness (QED) is 0.643. The maximum Gasteiger partial charge on any atom is 0.337 e. The molecular weight excluding hydrogens is 319 g/mol. The van der Waals surface area contributed by atoms with Crippen LogP contribution in [0.5, 0.6) is 0 Å². The molecule has 0 atom stereocenters. The number of nitrogens with zero attached hydrogens (tertiary/aromatic N) is 1. The molecule has 0 saturated heterocycles. The van der Waals surface area contributed by atoms with Crippen LogP contribution < -0.4 is 5.32 Å². The monoisotopic (exact) mass is 326 g/mol. The smallest absolute Gasteiger partial charge is 0.337 e. The van der Waals surface area contributed by atoms with Crippen molar-refractivity contribution in [2.24, 2.45) is 0 Å². The number of carbonyl (C=O) groups is 1. The van der Waals surface area contributed by atoms with Crippen molar-refractivity contribution in [3.05, 3.63) is 62.1 Å². The topological polar surface area (TPSA) is 92.5 Å². The van der Waals surface area contributed by atoms with Gasteiger partial charge in [-0.25, -0.2) is 4.79 Å². The average Bonchev–Trinajstić information content (AvgIpc) is 2.44. The Bertz CT molecular complexity index is 734. The molecule has 0 heterocycles. The van der Waals surface area contributed by atoms with Crippen LogP contribution in [-0.4, -0.2) is 16.0 Å². The molecule has 2 rings (SSSR count). The number of para-hydroxylation sites is 1. The fourth-order valence-corrected chi connectivity index (χ4v) is 2.09. The Balaban J connectivity index is 2.57. The van der Waals surface area contributed by atoms with Crippen molar-refractivity contribution >= 4 is 46.2 Å². The number of nitro benzene ring substituents is 1. The second-order valence-corrected chi connectivity index (χ2v) is 4.77. The number of carboxylic acids is 1. The van der Waals surface area contributed by atoms with Gasteiger partial charge in [0, 0.05) is 6.07 Å². The third kappa shape index (κ3) is 3.07. The van der Waals surface area contributed by atoms with Crippen LogP contribution in [0, 0.1) is 10.1 Å². The molecule has 2 N–H and O–H groups in total. The highest BCUT2D eigenvalue weighted by Gasteiger charge is 2.21. The maximum atomic E-state index is 11.1. The van der Waals surface area contributed by atoms with Gasteiger partial charge in [0.2, 0.25) is 0 Å². The van der Waals surface area contributed by atoms with Crippen molar-refractivity contribution in [1.82, 2.24) is 0 Å². The summed E-state index contributed by atoms with van der Waals surface area (Å²) < 4.78 is 0. The van der Waals surface area contributed by atoms with Crippen molar-refractivity contribution in [2.45, 2.75) is 0 Å². The van der Waals surface area contributed by atoms with Gasteiger partial charge in [-0.1, -0.05) is 35.3 Å². The van der Waals surface area contributed by atoms with E-state index in [9.17, 15) is 14.9 Å². The summed E-state index contributed by atoms with van der Waals surface area (Å²) >= 11 is 11.8. The Kier molecular flexibility index (Phi) is 4.30. The standard InChI is InChI=1S/C13H8Cl2N2O4/c14-8-5-6-10(17(20)21)12(11(8)15)16-9-4-2-1-3-7(9)13(18)19/h1-6,16H,(H,18,19). The molecule has 0 saturated carbocycles. The number of halogens is 2. The Labute approximate surface area is 129 Å². The molecule has 6 nitrogen and oxygen atoms in total. The molecule has 0 amide bonds. The number of anilines is 2. The SMILES string of the molecule is O=C(O)c1ccccc1Nc1c([N+](=O)[O-])ccc(Cl)c1Cl. The van der Waals surface area contributed by atoms with Crippen LogP contribution in [0.1, 0.15) is 10.4 Å². The number of hydrogen-bond acceptors (Lipinski definition) is 4. The highest BCUT2D eigenvalue weighted by atomic mass is 35.5. The van der Waals surface area contributed by atoms with E-state index >= 15 is 0 Å². The van der Waals surface area contributed by atoms with Gasteiger partial charge >= 0.3 is 5.97 Å². The van der Waals surface area contributed by atoms with Crippen LogP contribution in [0.15, 0.2) is 36.4 Å². The molecular formula is C13H8Cl2N2O4. The van der Waals surface area contributed by atoms with Crippen molar-refractivity contribution in [1.29, 1.82) is 0 Å². The van der Waals surface area contributed by atoms with Gasteiger partial charge in [0.15, 0.2) is 0 Å². The number of benzene rings is 2. The molecule has 0 aliphatic carbocycles. The lowest BCUT2D eigenvalue weighted by atomic mass is 10.1. The number of hydrogen-bond donors (Lipinski definition) is 2. The third-order valence-corrected chi connectivity index (χ3v) is 3.49. The molecule has 108 valence electrons. The summed E-state index contributed by atoms with van der Waals surface area (Å²) in [6.07, 6.45) is 0. The molecule has 2 aromatic carbocycles. The third-order valence-electron chi connectivity index (χ3n) is 2.69. The number of nitrogens with one attached hydrogen (secondary N) is 1. The molecule has 0 spiro atoms. The molecule has 0 fully saturated rings. The largest absolute Gasteiger partial charge is 0.478 e. The zero-order valence-electron chi connectivity index (χ0n) is 10.3. The zero-order chi connectivity index (χ0) is 15.6. The first-order valence-electron chi connectivity index (χ1n) is 5.63. The van der Waals surface area contributed by atoms with Crippen molar-refractivity contribution in [2.75, 3.05) is 5.32 Å². The van der Waals surface area contributed by atoms with Crippen molar-refractivity contribution < 1.29 is 14.8 Å². The number of aromatic carboxylic acids is 1. The first-order chi connectivity index (χ1) is 9.91. The Morgan fingerprint density at radius 2 is 1.86 bits per heavy atom. The summed E-state index contributed by atoms with van der Waals surface area (Å²) in [7, 11) is 0. The van der Waals surface area contributed by atoms with E-state index in [2.05, 4.69) is 5.32 Å². The summed E-state index contributed by atoms with van der Waals surface area (Å²) in [5.74, 6) is -1.17. The fraction of sp³-hybridized carbons (Fsp3) is 0. The van der Waals surface area contributed by atoms with Gasteiger partial charge in [-0.3, -0.25) is 10.1 Å². The number of rotatable bonds is 4. The molecule has 0 bridgehead atoms. The van der Waals surface area contributed by atoms with Gasteiger partial charge in [0.1, 0.15) is 5.69 Å². The minimum Gasteiger partial charge on any atom is -0.478 e. The predicted molar refractivity (Wildman–Crippen MR) is 79.8 cm³/mol. The summed E-state index contributed by atoms with van der Waals surface area (Å²) in [5.41, 5.74) is -0.215. The van der Waals surface area contributed by atoms with Crippen molar-refractivity contribution in [3.8, 4) is 0 Å². The summed E-state index contributed by atoms with van der Waals surface area (Å²) in [5, 5.41) is 22.9. The molecule has 0 aliphatic heterocycles. The summed E-state index contributed by atoms with van der Waals surface area (Å²) in [6.45, 7) is 0. The van der Waals surface area contributed by atoms with E-state index in [0.717, 1.165) is 0 Å². The number of carboxylic acid groups (broad SMARTS) is 1. The Hall–Kier alpha value is -2.31. The minimum atomic E-state index is -1.17. The minimum absolute atomic E-state index is 0.0390. The molecule has 0 radical (unpaired) electrons. The van der Waals surface area contributed by atoms with E-state index in [1.54, 1.807) is 12.1 Å². The number of nitro groups is 1. The normalized spacial score (nSPS) is 10.2. The van der Waals surface area contributed by atoms with E-state index in [-0.39, 0.29) is 32.7 Å². The second kappa shape index (κ2) is 5.99. The van der Waals surface area contributed by atoms with E-state index in [0.29, 0.717) is 0 Å². The fourth-order valence-electron chi connectivity index (χ4n) is 1.72. The van der Waals surface area contributed by atoms with Gasteiger partial charge in [0.05, 0.1) is 26.2 Å². The molecule has 0 unspecified atom stereocenters. The second-order valence-electron chi connectivity index (χ2n) is 3.99. The molecule has 21 heavy (non-hydrogen) atoms. The van der Waals surface area contributed by atoms with Crippen LogP contribution in [0.4, 0.5) is 17.1 Å². The van der Waals surface area contributed by atoms with Gasteiger partial charge in [0.25, 0.3) is 5.69 Å². The molecule has 0 aromatic heterocycles. The maximum absolute atomic E-state index is 11.1. The Morgan fingerprint density at radius 1 is 1.19 bits per heavy atom. The lowest BCUT2D eigenvalue weighted by Gasteiger charge is -2.12. The molecule has 8 heteroatoms. The molecule has 2 aromatic rings. The van der Waals surface area contributed by atoms with Crippen LogP contribution >= 0.6 is 23.2 Å². The predicted octanol–water partition coefficient (Wildman–Crippen LogP) is 4.34. The van der Waals surface area contributed by atoms with Crippen LogP contribution in [0.3, 0.4) is 0 Å². The summed E-state index contributed by atoms with van der Waals surface area (Å²) in [6, 6.07) is 8.48. The van der Waals surface area contributed by atoms with Gasteiger partial charge in [-0.05, 0) is 18.2 Å². The van der Waals surface area contributed by atoms with Gasteiger partial charge in [-0.2, -0.15) is 0 Å². The van der Waals surface area contributed by atoms with Crippen molar-refractivity contribution in [3.63, 3.8) is 0 Å². The average molecular weight is 327 g/mol. The first kappa shape index (κ1) is 15.1. The Morgan fingerprint density at radius 3 is 2.48 bits per heavy atom. The lowest BCUT2D eigenvalue weighted by molar-refractivity contribution is -0.383.